The topological polar surface area (TPSA) is 82.6 Å². The van der Waals surface area contributed by atoms with E-state index in [1.54, 1.807) is 24.5 Å². The summed E-state index contributed by atoms with van der Waals surface area (Å²) in [6.07, 6.45) is 6.57. The van der Waals surface area contributed by atoms with Crippen molar-refractivity contribution in [3.8, 4) is 0 Å². The first-order valence-corrected chi connectivity index (χ1v) is 15.2. The van der Waals surface area contributed by atoms with Crippen molar-refractivity contribution < 1.29 is 13.2 Å². The highest BCUT2D eigenvalue weighted by Crippen LogP contribution is 2.36. The number of carbonyl (C=O) groups excluding carboxylic acids is 1. The van der Waals surface area contributed by atoms with E-state index in [4.69, 9.17) is 23.2 Å². The van der Waals surface area contributed by atoms with Gasteiger partial charge in [0.05, 0.1) is 10.0 Å². The molecule has 0 saturated carbocycles. The van der Waals surface area contributed by atoms with Crippen molar-refractivity contribution in [1.29, 1.82) is 0 Å². The summed E-state index contributed by atoms with van der Waals surface area (Å²) in [5, 5.41) is 5.37. The number of piperidine rings is 2. The number of pyridine rings is 1. The summed E-state index contributed by atoms with van der Waals surface area (Å²) >= 11 is 15.8. The zero-order valence-corrected chi connectivity index (χ0v) is 24.0. The van der Waals surface area contributed by atoms with Gasteiger partial charge in [0.1, 0.15) is 4.90 Å². The van der Waals surface area contributed by atoms with E-state index < -0.39 is 10.0 Å². The SMILES string of the molecule is O=C(Nc1ccc2ccncc2c1)C1CCN(C2CCN(S(=O)(=O)c3c(Cl)cc(Br)cc3Cl)CC2)CC1. The number of carbonyl (C=O) groups is 1. The molecule has 2 aliphatic rings. The van der Waals surface area contributed by atoms with Crippen molar-refractivity contribution in [2.45, 2.75) is 36.6 Å². The van der Waals surface area contributed by atoms with Gasteiger partial charge in [-0.1, -0.05) is 45.2 Å². The molecule has 2 saturated heterocycles. The van der Waals surface area contributed by atoms with Crippen LogP contribution in [0, 0.1) is 5.92 Å². The van der Waals surface area contributed by atoms with Crippen LogP contribution in [0.4, 0.5) is 5.69 Å². The molecule has 0 spiro atoms. The number of anilines is 1. The number of amides is 1. The van der Waals surface area contributed by atoms with Gasteiger partial charge in [0.25, 0.3) is 0 Å². The van der Waals surface area contributed by atoms with Crippen LogP contribution in [0.2, 0.25) is 10.0 Å². The van der Waals surface area contributed by atoms with Crippen molar-refractivity contribution in [3.05, 3.63) is 63.3 Å². The number of benzene rings is 2. The van der Waals surface area contributed by atoms with Gasteiger partial charge in [-0.15, -0.1) is 0 Å². The second-order valence-electron chi connectivity index (χ2n) is 9.57. The molecule has 0 unspecified atom stereocenters. The lowest BCUT2D eigenvalue weighted by atomic mass is 9.93. The number of hydrogen-bond donors (Lipinski definition) is 1. The van der Waals surface area contributed by atoms with Crippen molar-refractivity contribution in [2.75, 3.05) is 31.5 Å². The number of aromatic nitrogens is 1. The van der Waals surface area contributed by atoms with E-state index in [1.807, 2.05) is 24.3 Å². The third-order valence-corrected chi connectivity index (χ3v) is 10.6. The molecule has 1 amide bonds. The molecule has 0 radical (unpaired) electrons. The lowest BCUT2D eigenvalue weighted by Crippen LogP contribution is -2.49. The molecule has 0 atom stereocenters. The Morgan fingerprint density at radius 1 is 0.946 bits per heavy atom. The standard InChI is InChI=1S/C26H27BrCl2N4O3S/c27-20-14-23(28)25(24(29)15-20)37(35,36)33-11-6-22(7-12-33)32-9-4-18(5-10-32)26(34)31-21-2-1-17-3-8-30-16-19(17)13-21/h1-3,8,13-16,18,22H,4-7,9-12H2,(H,31,34). The Hall–Kier alpha value is -1.75. The van der Waals surface area contributed by atoms with Crippen LogP contribution >= 0.6 is 39.1 Å². The average molecular weight is 626 g/mol. The molecular weight excluding hydrogens is 599 g/mol. The molecule has 11 heteroatoms. The quantitative estimate of drug-likeness (QED) is 0.387. The minimum atomic E-state index is -3.78. The Kier molecular flexibility index (Phi) is 8.10. The molecule has 2 fully saturated rings. The first-order valence-electron chi connectivity index (χ1n) is 12.3. The van der Waals surface area contributed by atoms with E-state index in [0.717, 1.165) is 55.2 Å². The Labute approximate surface area is 235 Å². The fourth-order valence-electron chi connectivity index (χ4n) is 5.29. The van der Waals surface area contributed by atoms with Crippen LogP contribution in [0.5, 0.6) is 0 Å². The number of sulfonamides is 1. The maximum Gasteiger partial charge on any atom is 0.246 e. The van der Waals surface area contributed by atoms with Gasteiger partial charge in [0.15, 0.2) is 0 Å². The largest absolute Gasteiger partial charge is 0.326 e. The zero-order valence-electron chi connectivity index (χ0n) is 20.0. The van der Waals surface area contributed by atoms with Gasteiger partial charge in [-0.25, -0.2) is 8.42 Å². The monoisotopic (exact) mass is 624 g/mol. The van der Waals surface area contributed by atoms with Gasteiger partial charge in [-0.2, -0.15) is 4.31 Å². The molecule has 5 rings (SSSR count). The second-order valence-corrected chi connectivity index (χ2v) is 13.2. The molecule has 1 aromatic heterocycles. The third-order valence-electron chi connectivity index (χ3n) is 7.31. The summed E-state index contributed by atoms with van der Waals surface area (Å²) in [6.45, 7) is 2.46. The van der Waals surface area contributed by atoms with Crippen LogP contribution in [-0.4, -0.2) is 60.7 Å². The number of likely N-dealkylation sites (tertiary alicyclic amines) is 1. The van der Waals surface area contributed by atoms with Gasteiger partial charge in [-0.05, 0) is 74.5 Å². The fourth-order valence-corrected chi connectivity index (χ4v) is 8.64. The highest BCUT2D eigenvalue weighted by Gasteiger charge is 2.36. The average Bonchev–Trinajstić information content (AvgIpc) is 2.88. The molecule has 2 aliphatic heterocycles. The fraction of sp³-hybridized carbons (Fsp3) is 0.385. The number of halogens is 3. The van der Waals surface area contributed by atoms with E-state index in [9.17, 15) is 13.2 Å². The van der Waals surface area contributed by atoms with Crippen LogP contribution in [0.1, 0.15) is 25.7 Å². The summed E-state index contributed by atoms with van der Waals surface area (Å²) in [7, 11) is -3.78. The zero-order chi connectivity index (χ0) is 26.2. The normalized spacial score (nSPS) is 18.8. The maximum atomic E-state index is 13.2. The van der Waals surface area contributed by atoms with Crippen LogP contribution < -0.4 is 5.32 Å². The number of hydrogen-bond acceptors (Lipinski definition) is 5. The Bertz CT molecular complexity index is 1400. The number of nitrogens with one attached hydrogen (secondary N) is 1. The van der Waals surface area contributed by atoms with Crippen LogP contribution in [0.3, 0.4) is 0 Å². The minimum Gasteiger partial charge on any atom is -0.326 e. The van der Waals surface area contributed by atoms with Crippen molar-refractivity contribution in [2.24, 2.45) is 5.92 Å². The van der Waals surface area contributed by atoms with E-state index >= 15 is 0 Å². The third kappa shape index (κ3) is 5.82. The first-order chi connectivity index (χ1) is 17.7. The van der Waals surface area contributed by atoms with Gasteiger partial charge in [0, 0.05) is 53.0 Å². The van der Waals surface area contributed by atoms with E-state index in [2.05, 4.69) is 31.1 Å². The molecule has 37 heavy (non-hydrogen) atoms. The maximum absolute atomic E-state index is 13.2. The molecule has 3 heterocycles. The molecule has 0 aliphatic carbocycles. The summed E-state index contributed by atoms with van der Waals surface area (Å²) in [5.74, 6) is 0.00931. The lowest BCUT2D eigenvalue weighted by molar-refractivity contribution is -0.121. The first kappa shape index (κ1) is 26.8. The molecule has 2 aromatic carbocycles. The predicted molar refractivity (Wildman–Crippen MR) is 151 cm³/mol. The second kappa shape index (κ2) is 11.2. The molecule has 196 valence electrons. The van der Waals surface area contributed by atoms with Crippen molar-refractivity contribution in [3.63, 3.8) is 0 Å². The highest BCUT2D eigenvalue weighted by atomic mass is 79.9. The summed E-state index contributed by atoms with van der Waals surface area (Å²) in [6, 6.07) is 11.2. The van der Waals surface area contributed by atoms with Crippen LogP contribution in [0.15, 0.2) is 58.2 Å². The van der Waals surface area contributed by atoms with Crippen molar-refractivity contribution >= 4 is 71.5 Å². The van der Waals surface area contributed by atoms with E-state index in [-0.39, 0.29) is 26.8 Å². The summed E-state index contributed by atoms with van der Waals surface area (Å²) in [5.41, 5.74) is 0.785. The minimum absolute atomic E-state index is 0.0352. The highest BCUT2D eigenvalue weighted by molar-refractivity contribution is 9.10. The van der Waals surface area contributed by atoms with Gasteiger partial charge in [-0.3, -0.25) is 9.78 Å². The summed E-state index contributed by atoms with van der Waals surface area (Å²) in [4.78, 5) is 19.4. The van der Waals surface area contributed by atoms with Crippen molar-refractivity contribution in [1.82, 2.24) is 14.2 Å². The lowest BCUT2D eigenvalue weighted by Gasteiger charge is -2.41. The molecule has 0 bridgehead atoms. The smallest absolute Gasteiger partial charge is 0.246 e. The molecule has 1 N–H and O–H groups in total. The number of nitrogens with zero attached hydrogens (tertiary/aromatic N) is 3. The van der Waals surface area contributed by atoms with Crippen LogP contribution in [-0.2, 0) is 14.8 Å². The summed E-state index contributed by atoms with van der Waals surface area (Å²) < 4.78 is 28.6. The molecule has 7 nitrogen and oxygen atoms in total. The number of rotatable bonds is 5. The van der Waals surface area contributed by atoms with E-state index in [0.29, 0.717) is 23.6 Å². The predicted octanol–water partition coefficient (Wildman–Crippen LogP) is 5.81. The Morgan fingerprint density at radius 3 is 2.30 bits per heavy atom. The Balaban J connectivity index is 1.14. The molecule has 3 aromatic rings. The van der Waals surface area contributed by atoms with Crippen LogP contribution in [0.25, 0.3) is 10.8 Å². The Morgan fingerprint density at radius 2 is 1.62 bits per heavy atom. The van der Waals surface area contributed by atoms with Gasteiger partial charge in [0.2, 0.25) is 15.9 Å². The van der Waals surface area contributed by atoms with Gasteiger partial charge < -0.3 is 10.2 Å². The number of fused-ring (bicyclic) bond motifs is 1. The van der Waals surface area contributed by atoms with Gasteiger partial charge >= 0.3 is 0 Å². The molecular formula is C26H27BrCl2N4O3S. The van der Waals surface area contributed by atoms with E-state index in [1.165, 1.54) is 4.31 Å².